The fourth-order valence-corrected chi connectivity index (χ4v) is 2.51. The molecule has 1 amide bonds. The fourth-order valence-electron chi connectivity index (χ4n) is 2.51. The van der Waals surface area contributed by atoms with Gasteiger partial charge in [0.1, 0.15) is 17.4 Å². The van der Waals surface area contributed by atoms with Gasteiger partial charge >= 0.3 is 0 Å². The highest BCUT2D eigenvalue weighted by Crippen LogP contribution is 2.23. The summed E-state index contributed by atoms with van der Waals surface area (Å²) in [5.74, 6) is 0.123. The summed E-state index contributed by atoms with van der Waals surface area (Å²) in [6.07, 6.45) is 2.06. The highest BCUT2D eigenvalue weighted by molar-refractivity contribution is 5.97. The summed E-state index contributed by atoms with van der Waals surface area (Å²) in [7, 11) is 0. The first-order chi connectivity index (χ1) is 12.5. The van der Waals surface area contributed by atoms with Crippen LogP contribution in [0.3, 0.4) is 0 Å². The molecule has 0 aromatic heterocycles. The molecule has 5 heteroatoms. The van der Waals surface area contributed by atoms with Crippen LogP contribution in [0.2, 0.25) is 0 Å². The summed E-state index contributed by atoms with van der Waals surface area (Å²) < 4.78 is 0. The molecule has 3 N–H and O–H groups in total. The van der Waals surface area contributed by atoms with Crippen molar-refractivity contribution < 1.29 is 9.90 Å². The molecule has 0 spiro atoms. The molecule has 0 bridgehead atoms. The molecule has 2 aromatic carbocycles. The molecular formula is C21H23N3O2. The van der Waals surface area contributed by atoms with Crippen LogP contribution in [0.15, 0.2) is 60.3 Å². The van der Waals surface area contributed by atoms with Crippen molar-refractivity contribution in [1.29, 1.82) is 5.26 Å². The predicted molar refractivity (Wildman–Crippen MR) is 103 cm³/mol. The number of nitriles is 1. The van der Waals surface area contributed by atoms with Gasteiger partial charge < -0.3 is 15.7 Å². The Morgan fingerprint density at radius 1 is 1.19 bits per heavy atom. The number of nitrogens with one attached hydrogen (secondary N) is 2. The molecule has 0 fully saturated rings. The molecule has 134 valence electrons. The fraction of sp³-hybridized carbons (Fsp3) is 0.238. The summed E-state index contributed by atoms with van der Waals surface area (Å²) in [5, 5.41) is 24.3. The van der Waals surface area contributed by atoms with Crippen molar-refractivity contribution in [2.75, 3.05) is 11.9 Å². The van der Waals surface area contributed by atoms with E-state index in [1.807, 2.05) is 30.3 Å². The number of phenolic OH excluding ortho intramolecular Hbond substituents is 1. The lowest BCUT2D eigenvalue weighted by molar-refractivity contribution is -0.117. The Balaban J connectivity index is 1.95. The summed E-state index contributed by atoms with van der Waals surface area (Å²) in [6, 6.07) is 16.5. The number of hydrogen-bond acceptors (Lipinski definition) is 4. The molecule has 2 aromatic rings. The molecule has 5 nitrogen and oxygen atoms in total. The van der Waals surface area contributed by atoms with Crippen LogP contribution in [-0.2, 0) is 11.2 Å². The highest BCUT2D eigenvalue weighted by Gasteiger charge is 2.09. The Morgan fingerprint density at radius 2 is 1.88 bits per heavy atom. The maximum Gasteiger partial charge on any atom is 0.263 e. The van der Waals surface area contributed by atoms with Gasteiger partial charge in [-0.3, -0.25) is 4.79 Å². The number of benzene rings is 2. The lowest BCUT2D eigenvalue weighted by atomic mass is 10.0. The second-order valence-corrected chi connectivity index (χ2v) is 6.23. The summed E-state index contributed by atoms with van der Waals surface area (Å²) in [5.41, 5.74) is 3.02. The predicted octanol–water partition coefficient (Wildman–Crippen LogP) is 3.69. The minimum atomic E-state index is -0.416. The first-order valence-corrected chi connectivity index (χ1v) is 8.53. The van der Waals surface area contributed by atoms with E-state index < -0.39 is 5.91 Å². The monoisotopic (exact) mass is 349 g/mol. The third-order valence-corrected chi connectivity index (χ3v) is 3.96. The molecule has 0 heterocycles. The van der Waals surface area contributed by atoms with Gasteiger partial charge in [0.15, 0.2) is 0 Å². The third-order valence-electron chi connectivity index (χ3n) is 3.96. The van der Waals surface area contributed by atoms with E-state index in [2.05, 4.69) is 24.5 Å². The van der Waals surface area contributed by atoms with E-state index in [1.165, 1.54) is 6.20 Å². The molecule has 0 aliphatic heterocycles. The van der Waals surface area contributed by atoms with Crippen LogP contribution in [0.5, 0.6) is 5.75 Å². The average molecular weight is 349 g/mol. The van der Waals surface area contributed by atoms with Gasteiger partial charge in [-0.15, -0.1) is 0 Å². The molecule has 0 aliphatic carbocycles. The lowest BCUT2D eigenvalue weighted by Gasteiger charge is -2.12. The highest BCUT2D eigenvalue weighted by atomic mass is 16.3. The van der Waals surface area contributed by atoms with Gasteiger partial charge in [-0.25, -0.2) is 0 Å². The van der Waals surface area contributed by atoms with E-state index in [-0.39, 0.29) is 11.3 Å². The van der Waals surface area contributed by atoms with Crippen molar-refractivity contribution in [1.82, 2.24) is 5.32 Å². The van der Waals surface area contributed by atoms with E-state index in [1.54, 1.807) is 24.3 Å². The number of anilines is 1. The Kier molecular flexibility index (Phi) is 6.81. The molecule has 0 atom stereocenters. The summed E-state index contributed by atoms with van der Waals surface area (Å²) in [4.78, 5) is 12.2. The quantitative estimate of drug-likeness (QED) is 0.526. The number of amides is 1. The van der Waals surface area contributed by atoms with Crippen molar-refractivity contribution in [2.24, 2.45) is 0 Å². The molecule has 26 heavy (non-hydrogen) atoms. The third kappa shape index (κ3) is 5.38. The zero-order valence-electron chi connectivity index (χ0n) is 15.0. The number of phenols is 1. The number of aromatic hydroxyl groups is 1. The minimum Gasteiger partial charge on any atom is -0.508 e. The number of carbonyl (C=O) groups is 1. The summed E-state index contributed by atoms with van der Waals surface area (Å²) >= 11 is 0. The van der Waals surface area contributed by atoms with Crippen LogP contribution in [-0.4, -0.2) is 17.6 Å². The SMILES string of the molecule is CC(C)c1ccccc1N/C=C(/C#N)C(=O)NCCc1ccc(O)cc1. The first kappa shape index (κ1) is 19.1. The van der Waals surface area contributed by atoms with Gasteiger partial charge in [-0.05, 0) is 41.7 Å². The molecule has 0 saturated carbocycles. The van der Waals surface area contributed by atoms with Crippen molar-refractivity contribution in [3.8, 4) is 11.8 Å². The Bertz CT molecular complexity index is 818. The van der Waals surface area contributed by atoms with E-state index in [0.717, 1.165) is 16.8 Å². The standard InChI is InChI=1S/C21H23N3O2/c1-15(2)19-5-3-4-6-20(19)24-14-17(13-22)21(26)23-12-11-16-7-9-18(25)10-8-16/h3-10,14-15,24-25H,11-12H2,1-2H3,(H,23,26)/b17-14-. The number of hydrogen-bond donors (Lipinski definition) is 3. The van der Waals surface area contributed by atoms with Gasteiger partial charge in [0.25, 0.3) is 5.91 Å². The molecular weight excluding hydrogens is 326 g/mol. The lowest BCUT2D eigenvalue weighted by Crippen LogP contribution is -2.27. The van der Waals surface area contributed by atoms with Crippen LogP contribution in [0.25, 0.3) is 0 Å². The second-order valence-electron chi connectivity index (χ2n) is 6.23. The maximum atomic E-state index is 12.2. The van der Waals surface area contributed by atoms with Crippen LogP contribution >= 0.6 is 0 Å². The minimum absolute atomic E-state index is 0.0225. The second kappa shape index (κ2) is 9.28. The van der Waals surface area contributed by atoms with Gasteiger partial charge in [0.05, 0.1) is 0 Å². The van der Waals surface area contributed by atoms with Crippen LogP contribution in [0, 0.1) is 11.3 Å². The zero-order valence-corrected chi connectivity index (χ0v) is 15.0. The largest absolute Gasteiger partial charge is 0.508 e. The normalized spacial score (nSPS) is 11.1. The zero-order chi connectivity index (χ0) is 18.9. The van der Waals surface area contributed by atoms with Crippen LogP contribution in [0.4, 0.5) is 5.69 Å². The smallest absolute Gasteiger partial charge is 0.263 e. The van der Waals surface area contributed by atoms with E-state index >= 15 is 0 Å². The summed E-state index contributed by atoms with van der Waals surface area (Å²) in [6.45, 7) is 4.59. The molecule has 0 unspecified atom stereocenters. The topological polar surface area (TPSA) is 85.2 Å². The van der Waals surface area contributed by atoms with Gasteiger partial charge in [0.2, 0.25) is 0 Å². The Hall–Kier alpha value is -3.26. The van der Waals surface area contributed by atoms with E-state index in [0.29, 0.717) is 18.9 Å². The average Bonchev–Trinajstić information content (AvgIpc) is 2.64. The number of nitrogens with zero attached hydrogens (tertiary/aromatic N) is 1. The van der Waals surface area contributed by atoms with Gasteiger partial charge in [-0.2, -0.15) is 5.26 Å². The molecule has 0 radical (unpaired) electrons. The number of rotatable bonds is 7. The first-order valence-electron chi connectivity index (χ1n) is 8.53. The molecule has 0 saturated heterocycles. The van der Waals surface area contributed by atoms with Crippen LogP contribution < -0.4 is 10.6 Å². The van der Waals surface area contributed by atoms with Crippen molar-refractivity contribution in [2.45, 2.75) is 26.2 Å². The van der Waals surface area contributed by atoms with Crippen molar-refractivity contribution in [3.63, 3.8) is 0 Å². The maximum absolute atomic E-state index is 12.2. The van der Waals surface area contributed by atoms with E-state index in [4.69, 9.17) is 0 Å². The van der Waals surface area contributed by atoms with E-state index in [9.17, 15) is 15.2 Å². The van der Waals surface area contributed by atoms with Crippen molar-refractivity contribution in [3.05, 3.63) is 71.4 Å². The number of carbonyl (C=O) groups excluding carboxylic acids is 1. The Labute approximate surface area is 154 Å². The van der Waals surface area contributed by atoms with Crippen LogP contribution in [0.1, 0.15) is 30.9 Å². The van der Waals surface area contributed by atoms with Gasteiger partial charge in [0, 0.05) is 18.4 Å². The van der Waals surface area contributed by atoms with Crippen molar-refractivity contribution >= 4 is 11.6 Å². The molecule has 2 rings (SSSR count). The molecule has 0 aliphatic rings. The number of para-hydroxylation sites is 1. The van der Waals surface area contributed by atoms with Gasteiger partial charge in [-0.1, -0.05) is 44.2 Å². The Morgan fingerprint density at radius 3 is 2.54 bits per heavy atom.